The molecule has 0 bridgehead atoms. The van der Waals surface area contributed by atoms with Crippen molar-refractivity contribution in [3.8, 4) is 0 Å². The zero-order chi connectivity index (χ0) is 13.5. The number of nitrogens with one attached hydrogen (secondary N) is 1. The van der Waals surface area contributed by atoms with Crippen LogP contribution in [0.2, 0.25) is 0 Å². The maximum atomic E-state index is 3.67. The first-order valence-corrected chi connectivity index (χ1v) is 8.56. The van der Waals surface area contributed by atoms with Crippen LogP contribution in [0, 0.1) is 5.92 Å². The van der Waals surface area contributed by atoms with E-state index >= 15 is 0 Å². The Kier molecular flexibility index (Phi) is 6.35. The molecular weight excluding hydrogens is 252 g/mol. The van der Waals surface area contributed by atoms with Crippen LogP contribution in [0.1, 0.15) is 49.4 Å². The van der Waals surface area contributed by atoms with Gasteiger partial charge in [0.05, 0.1) is 6.04 Å². The van der Waals surface area contributed by atoms with Crippen molar-refractivity contribution in [1.29, 1.82) is 0 Å². The molecule has 1 saturated carbocycles. The number of thiophene rings is 1. The lowest BCUT2D eigenvalue weighted by atomic mass is 9.87. The van der Waals surface area contributed by atoms with Crippen molar-refractivity contribution >= 4 is 11.3 Å². The molecule has 0 radical (unpaired) electrons. The molecule has 2 rings (SSSR count). The molecule has 108 valence electrons. The van der Waals surface area contributed by atoms with Gasteiger partial charge in [0.15, 0.2) is 0 Å². The third-order valence-electron chi connectivity index (χ3n) is 4.29. The number of likely N-dealkylation sites (N-methyl/N-ethyl adjacent to an activating group) is 1. The lowest BCUT2D eigenvalue weighted by molar-refractivity contribution is 0.283. The molecule has 0 spiro atoms. The van der Waals surface area contributed by atoms with Gasteiger partial charge in [-0.3, -0.25) is 0 Å². The SMILES string of the molecule is CN(C)C(CNCCC1CCCCC1)c1cccs1. The molecule has 0 aliphatic heterocycles. The van der Waals surface area contributed by atoms with Crippen LogP contribution in [0.5, 0.6) is 0 Å². The normalized spacial score (nSPS) is 18.9. The molecule has 0 aromatic carbocycles. The molecule has 1 aromatic rings. The molecule has 1 aromatic heterocycles. The summed E-state index contributed by atoms with van der Waals surface area (Å²) in [5.74, 6) is 0.987. The summed E-state index contributed by atoms with van der Waals surface area (Å²) < 4.78 is 0. The summed E-state index contributed by atoms with van der Waals surface area (Å²) in [7, 11) is 4.35. The highest BCUT2D eigenvalue weighted by atomic mass is 32.1. The Balaban J connectivity index is 1.68. The van der Waals surface area contributed by atoms with E-state index in [9.17, 15) is 0 Å². The monoisotopic (exact) mass is 280 g/mol. The highest BCUT2D eigenvalue weighted by molar-refractivity contribution is 7.10. The second kappa shape index (κ2) is 8.03. The standard InChI is InChI=1S/C16H28N2S/c1-18(2)15(16-9-6-12-19-16)13-17-11-10-14-7-4-3-5-8-14/h6,9,12,14-15,17H,3-5,7-8,10-11,13H2,1-2H3. The van der Waals surface area contributed by atoms with Crippen molar-refractivity contribution in [3.05, 3.63) is 22.4 Å². The Hall–Kier alpha value is -0.380. The van der Waals surface area contributed by atoms with Crippen molar-refractivity contribution in [1.82, 2.24) is 10.2 Å². The third-order valence-corrected chi connectivity index (χ3v) is 5.26. The van der Waals surface area contributed by atoms with Gasteiger partial charge in [0.2, 0.25) is 0 Å². The minimum atomic E-state index is 0.520. The molecule has 1 aliphatic carbocycles. The van der Waals surface area contributed by atoms with E-state index in [1.54, 1.807) is 0 Å². The van der Waals surface area contributed by atoms with E-state index in [0.717, 1.165) is 12.5 Å². The third kappa shape index (κ3) is 4.90. The fourth-order valence-electron chi connectivity index (χ4n) is 3.04. The molecular formula is C16H28N2S. The number of hydrogen-bond donors (Lipinski definition) is 1. The van der Waals surface area contributed by atoms with Crippen LogP contribution in [0.15, 0.2) is 17.5 Å². The molecule has 0 amide bonds. The quantitative estimate of drug-likeness (QED) is 0.762. The Morgan fingerprint density at radius 3 is 2.74 bits per heavy atom. The van der Waals surface area contributed by atoms with Gasteiger partial charge >= 0.3 is 0 Å². The van der Waals surface area contributed by atoms with Crippen LogP contribution in [0.3, 0.4) is 0 Å². The molecule has 19 heavy (non-hydrogen) atoms. The van der Waals surface area contributed by atoms with E-state index in [0.29, 0.717) is 6.04 Å². The van der Waals surface area contributed by atoms with Gasteiger partial charge in [0, 0.05) is 11.4 Å². The molecule has 1 atom stereocenters. The number of hydrogen-bond acceptors (Lipinski definition) is 3. The van der Waals surface area contributed by atoms with E-state index in [4.69, 9.17) is 0 Å². The highest BCUT2D eigenvalue weighted by Gasteiger charge is 2.16. The summed E-state index contributed by atoms with van der Waals surface area (Å²) in [6, 6.07) is 4.92. The number of nitrogens with zero attached hydrogens (tertiary/aromatic N) is 1. The lowest BCUT2D eigenvalue weighted by Crippen LogP contribution is -2.31. The summed E-state index contributed by atoms with van der Waals surface area (Å²) in [5, 5.41) is 5.84. The van der Waals surface area contributed by atoms with Crippen LogP contribution in [-0.2, 0) is 0 Å². The minimum absolute atomic E-state index is 0.520. The second-order valence-corrected chi connectivity index (χ2v) is 6.97. The van der Waals surface area contributed by atoms with Gasteiger partial charge < -0.3 is 10.2 Å². The average molecular weight is 280 g/mol. The molecule has 1 unspecified atom stereocenters. The van der Waals surface area contributed by atoms with E-state index in [1.165, 1.54) is 49.9 Å². The average Bonchev–Trinajstić information content (AvgIpc) is 2.93. The van der Waals surface area contributed by atoms with E-state index in [-0.39, 0.29) is 0 Å². The second-order valence-electron chi connectivity index (χ2n) is 5.99. The molecule has 1 aliphatic rings. The van der Waals surface area contributed by atoms with E-state index in [1.807, 2.05) is 11.3 Å². The smallest absolute Gasteiger partial charge is 0.0561 e. The molecule has 2 nitrogen and oxygen atoms in total. The fourth-order valence-corrected chi connectivity index (χ4v) is 3.96. The first-order chi connectivity index (χ1) is 9.27. The maximum Gasteiger partial charge on any atom is 0.0561 e. The van der Waals surface area contributed by atoms with Gasteiger partial charge in [0.1, 0.15) is 0 Å². The predicted molar refractivity (Wildman–Crippen MR) is 84.8 cm³/mol. The van der Waals surface area contributed by atoms with Gasteiger partial charge in [-0.1, -0.05) is 38.2 Å². The summed E-state index contributed by atoms with van der Waals surface area (Å²) in [6.45, 7) is 2.25. The Morgan fingerprint density at radius 2 is 2.11 bits per heavy atom. The molecule has 3 heteroatoms. The van der Waals surface area contributed by atoms with Gasteiger partial charge in [-0.2, -0.15) is 0 Å². The first-order valence-electron chi connectivity index (χ1n) is 7.68. The van der Waals surface area contributed by atoms with Crippen molar-refractivity contribution in [2.75, 3.05) is 27.2 Å². The topological polar surface area (TPSA) is 15.3 Å². The van der Waals surface area contributed by atoms with Crippen molar-refractivity contribution in [2.45, 2.75) is 44.6 Å². The summed E-state index contributed by atoms with van der Waals surface area (Å²) in [4.78, 5) is 3.79. The minimum Gasteiger partial charge on any atom is -0.315 e. The predicted octanol–water partition coefficient (Wildman–Crippen LogP) is 3.91. The highest BCUT2D eigenvalue weighted by Crippen LogP contribution is 2.26. The van der Waals surface area contributed by atoms with Crippen molar-refractivity contribution in [3.63, 3.8) is 0 Å². The van der Waals surface area contributed by atoms with E-state index in [2.05, 4.69) is 41.8 Å². The molecule has 1 N–H and O–H groups in total. The van der Waals surface area contributed by atoms with Crippen molar-refractivity contribution < 1.29 is 0 Å². The van der Waals surface area contributed by atoms with Gasteiger partial charge in [-0.25, -0.2) is 0 Å². The summed E-state index contributed by atoms with van der Waals surface area (Å²) in [5.41, 5.74) is 0. The van der Waals surface area contributed by atoms with Crippen LogP contribution in [-0.4, -0.2) is 32.1 Å². The molecule has 1 fully saturated rings. The zero-order valence-corrected chi connectivity index (χ0v) is 13.2. The van der Waals surface area contributed by atoms with Crippen LogP contribution < -0.4 is 5.32 Å². The van der Waals surface area contributed by atoms with Crippen LogP contribution in [0.4, 0.5) is 0 Å². The van der Waals surface area contributed by atoms with E-state index < -0.39 is 0 Å². The van der Waals surface area contributed by atoms with Crippen LogP contribution in [0.25, 0.3) is 0 Å². The van der Waals surface area contributed by atoms with Crippen LogP contribution >= 0.6 is 11.3 Å². The zero-order valence-electron chi connectivity index (χ0n) is 12.4. The van der Waals surface area contributed by atoms with Crippen molar-refractivity contribution in [2.24, 2.45) is 5.92 Å². The Bertz CT molecular complexity index is 329. The summed E-state index contributed by atoms with van der Waals surface area (Å²) >= 11 is 1.86. The Labute approximate surface area is 122 Å². The Morgan fingerprint density at radius 1 is 1.32 bits per heavy atom. The molecule has 0 saturated heterocycles. The van der Waals surface area contributed by atoms with Gasteiger partial charge in [-0.15, -0.1) is 11.3 Å². The summed E-state index contributed by atoms with van der Waals surface area (Å²) in [6.07, 6.45) is 8.67. The number of rotatable bonds is 7. The van der Waals surface area contributed by atoms with Gasteiger partial charge in [-0.05, 0) is 44.4 Å². The first kappa shape index (κ1) is 15.0. The largest absolute Gasteiger partial charge is 0.315 e. The fraction of sp³-hybridized carbons (Fsp3) is 0.750. The molecule has 1 heterocycles. The van der Waals surface area contributed by atoms with Gasteiger partial charge in [0.25, 0.3) is 0 Å². The lowest BCUT2D eigenvalue weighted by Gasteiger charge is -2.25. The maximum absolute atomic E-state index is 3.67.